The van der Waals surface area contributed by atoms with Crippen LogP contribution in [0.5, 0.6) is 5.75 Å². The molecule has 0 fully saturated rings. The van der Waals surface area contributed by atoms with Crippen LogP contribution >= 0.6 is 0 Å². The van der Waals surface area contributed by atoms with Gasteiger partial charge in [-0.2, -0.15) is 5.10 Å². The molecule has 1 heterocycles. The number of pyridine rings is 1. The van der Waals surface area contributed by atoms with Gasteiger partial charge in [0.2, 0.25) is 0 Å². The van der Waals surface area contributed by atoms with Gasteiger partial charge in [0.05, 0.1) is 16.8 Å². The van der Waals surface area contributed by atoms with Crippen LogP contribution < -0.4 is 10.5 Å². The van der Waals surface area contributed by atoms with Gasteiger partial charge < -0.3 is 20.4 Å². The maximum absolute atomic E-state index is 12.5. The van der Waals surface area contributed by atoms with E-state index in [0.717, 1.165) is 16.5 Å². The summed E-state index contributed by atoms with van der Waals surface area (Å²) in [4.78, 5) is 12.7. The Morgan fingerprint density at radius 1 is 1.03 bits per heavy atom. The smallest absolute Gasteiger partial charge is 0.872 e. The summed E-state index contributed by atoms with van der Waals surface area (Å²) in [6, 6.07) is 17.3. The average Bonchev–Trinajstić information content (AvgIpc) is 2.61. The number of hydrogen-bond acceptors (Lipinski definition) is 7. The molecule has 1 radical (unpaired) electrons. The standard InChI is InChI=1S/C20H21N3O.Cu.NO3/c1-20(2,3)16-9-6-8-15(19(16)24)13-21-23-18-12-11-14-7-4-5-10-17(14)22-18;;2-1(3)4/h4-13,24H,1-3H3,(H,22,23);;/q;+2;-1/p-1/b21-13+;;. The topological polar surface area (TPSA) is 127 Å². The van der Waals surface area contributed by atoms with Crippen molar-refractivity contribution in [1.82, 2.24) is 4.98 Å². The van der Waals surface area contributed by atoms with Gasteiger partial charge in [-0.05, 0) is 34.7 Å². The molecule has 155 valence electrons. The van der Waals surface area contributed by atoms with Crippen molar-refractivity contribution in [3.63, 3.8) is 0 Å². The van der Waals surface area contributed by atoms with Crippen LogP contribution in [-0.4, -0.2) is 16.3 Å². The van der Waals surface area contributed by atoms with E-state index in [1.807, 2.05) is 69.3 Å². The van der Waals surface area contributed by atoms with Gasteiger partial charge in [0.1, 0.15) is 5.82 Å². The summed E-state index contributed by atoms with van der Waals surface area (Å²) in [5.41, 5.74) is 4.96. The summed E-state index contributed by atoms with van der Waals surface area (Å²) in [6.45, 7) is 6.09. The van der Waals surface area contributed by atoms with E-state index < -0.39 is 5.09 Å². The number of rotatable bonds is 3. The quantitative estimate of drug-likeness (QED) is 0.284. The van der Waals surface area contributed by atoms with Gasteiger partial charge in [0.15, 0.2) is 0 Å². The van der Waals surface area contributed by atoms with Gasteiger partial charge in [0.25, 0.3) is 0 Å². The van der Waals surface area contributed by atoms with Crippen LogP contribution in [-0.2, 0) is 22.5 Å². The number of aromatic nitrogens is 1. The summed E-state index contributed by atoms with van der Waals surface area (Å²) in [6.07, 6.45) is 1.55. The first-order valence-electron chi connectivity index (χ1n) is 8.45. The van der Waals surface area contributed by atoms with Crippen molar-refractivity contribution in [3.05, 3.63) is 81.0 Å². The van der Waals surface area contributed by atoms with Crippen LogP contribution in [0, 0.1) is 15.3 Å². The fourth-order valence-corrected chi connectivity index (χ4v) is 2.54. The second kappa shape index (κ2) is 10.4. The third-order valence-electron chi connectivity index (χ3n) is 3.83. The Kier molecular flexibility index (Phi) is 8.56. The third kappa shape index (κ3) is 7.06. The predicted octanol–water partition coefficient (Wildman–Crippen LogP) is 3.81. The van der Waals surface area contributed by atoms with Crippen molar-refractivity contribution < 1.29 is 27.3 Å². The van der Waals surface area contributed by atoms with E-state index in [2.05, 4.69) is 15.5 Å². The van der Waals surface area contributed by atoms with Crippen LogP contribution in [0.3, 0.4) is 0 Å². The molecule has 0 saturated heterocycles. The monoisotopic (exact) mass is 443 g/mol. The van der Waals surface area contributed by atoms with Crippen molar-refractivity contribution in [1.29, 1.82) is 0 Å². The molecule has 0 aliphatic rings. The van der Waals surface area contributed by atoms with E-state index in [1.165, 1.54) is 0 Å². The van der Waals surface area contributed by atoms with Crippen molar-refractivity contribution in [2.75, 3.05) is 5.43 Å². The minimum atomic E-state index is -1.75. The molecule has 29 heavy (non-hydrogen) atoms. The van der Waals surface area contributed by atoms with Gasteiger partial charge in [-0.1, -0.05) is 62.9 Å². The van der Waals surface area contributed by atoms with Gasteiger partial charge >= 0.3 is 17.1 Å². The number of nitrogens with one attached hydrogen (secondary N) is 1. The minimum absolute atomic E-state index is 0. The van der Waals surface area contributed by atoms with Crippen molar-refractivity contribution in [2.24, 2.45) is 5.10 Å². The maximum atomic E-state index is 12.5. The SMILES string of the molecule is CC(C)(C)c1cccc(/C=N/Nc2ccc3ccccc3n2)c1[O-].O=[N+]([O-])[O-].[Cu+2]. The Morgan fingerprint density at radius 2 is 1.69 bits per heavy atom. The molecule has 0 aliphatic heterocycles. The normalized spacial score (nSPS) is 10.7. The van der Waals surface area contributed by atoms with E-state index in [4.69, 9.17) is 15.3 Å². The molecule has 0 bridgehead atoms. The molecule has 3 aromatic rings. The molecule has 0 saturated carbocycles. The summed E-state index contributed by atoms with van der Waals surface area (Å²) in [5.74, 6) is 0.659. The zero-order valence-corrected chi connectivity index (χ0v) is 17.0. The van der Waals surface area contributed by atoms with Crippen LogP contribution in [0.2, 0.25) is 0 Å². The molecule has 0 atom stereocenters. The zero-order valence-electron chi connectivity index (χ0n) is 16.0. The maximum Gasteiger partial charge on any atom is 2.00 e. The van der Waals surface area contributed by atoms with E-state index in [9.17, 15) is 5.11 Å². The van der Waals surface area contributed by atoms with E-state index in [1.54, 1.807) is 12.3 Å². The molecule has 0 unspecified atom stereocenters. The van der Waals surface area contributed by atoms with E-state index in [-0.39, 0.29) is 28.2 Å². The van der Waals surface area contributed by atoms with Crippen LogP contribution in [0.15, 0.2) is 59.7 Å². The number of anilines is 1. The van der Waals surface area contributed by atoms with Gasteiger partial charge in [-0.3, -0.25) is 5.43 Å². The number of fused-ring (bicyclic) bond motifs is 1. The van der Waals surface area contributed by atoms with Crippen LogP contribution in [0.1, 0.15) is 31.9 Å². The fraction of sp³-hybridized carbons (Fsp3) is 0.200. The first-order valence-corrected chi connectivity index (χ1v) is 8.45. The zero-order chi connectivity index (χ0) is 20.7. The Balaban J connectivity index is 0.000000771. The van der Waals surface area contributed by atoms with Crippen LogP contribution in [0.25, 0.3) is 10.9 Å². The molecule has 9 heteroatoms. The molecule has 0 spiro atoms. The molecule has 8 nitrogen and oxygen atoms in total. The van der Waals surface area contributed by atoms with Crippen molar-refractivity contribution >= 4 is 22.9 Å². The van der Waals surface area contributed by atoms with Crippen molar-refractivity contribution in [2.45, 2.75) is 26.2 Å². The summed E-state index contributed by atoms with van der Waals surface area (Å²) >= 11 is 0. The number of benzene rings is 2. The second-order valence-corrected chi connectivity index (χ2v) is 6.96. The van der Waals surface area contributed by atoms with Gasteiger partial charge in [-0.25, -0.2) is 4.98 Å². The fourth-order valence-electron chi connectivity index (χ4n) is 2.54. The van der Waals surface area contributed by atoms with E-state index in [0.29, 0.717) is 11.4 Å². The summed E-state index contributed by atoms with van der Waals surface area (Å²) in [5, 5.41) is 32.5. The Hall–Kier alpha value is -3.16. The summed E-state index contributed by atoms with van der Waals surface area (Å²) in [7, 11) is 0. The first-order chi connectivity index (χ1) is 13.2. The largest absolute Gasteiger partial charge is 2.00 e. The molecule has 1 N–H and O–H groups in total. The molecular formula is C20H20CuN4O4. The number of hydrogen-bond donors (Lipinski definition) is 1. The van der Waals surface area contributed by atoms with Crippen molar-refractivity contribution in [3.8, 4) is 5.75 Å². The third-order valence-corrected chi connectivity index (χ3v) is 3.83. The molecule has 1 aromatic heterocycles. The molecule has 0 aliphatic carbocycles. The van der Waals surface area contributed by atoms with Gasteiger partial charge in [0, 0.05) is 5.39 Å². The number of hydrazone groups is 1. The molecule has 0 amide bonds. The Bertz CT molecular complexity index is 999. The Morgan fingerprint density at radius 3 is 2.34 bits per heavy atom. The summed E-state index contributed by atoms with van der Waals surface area (Å²) < 4.78 is 0. The molecular weight excluding hydrogens is 424 g/mol. The first kappa shape index (κ1) is 23.9. The predicted molar refractivity (Wildman–Crippen MR) is 108 cm³/mol. The average molecular weight is 444 g/mol. The molecule has 2 aromatic carbocycles. The second-order valence-electron chi connectivity index (χ2n) is 6.96. The van der Waals surface area contributed by atoms with E-state index >= 15 is 0 Å². The molecule has 3 rings (SSSR count). The van der Waals surface area contributed by atoms with Crippen LogP contribution in [0.4, 0.5) is 5.82 Å². The minimum Gasteiger partial charge on any atom is -0.872 e. The number of para-hydroxylation sites is 2. The van der Waals surface area contributed by atoms with Gasteiger partial charge in [-0.15, -0.1) is 0 Å². The number of nitrogens with zero attached hydrogens (tertiary/aromatic N) is 3. The Labute approximate surface area is 178 Å².